The molecule has 164 valence electrons. The van der Waals surface area contributed by atoms with Crippen molar-refractivity contribution >= 4 is 16.7 Å². The molecular weight excluding hydrogens is 384 g/mol. The fraction of sp³-hybridized carbons (Fsp3) is 0.577. The number of anilines is 1. The van der Waals surface area contributed by atoms with Crippen molar-refractivity contribution in [3.63, 3.8) is 0 Å². The van der Waals surface area contributed by atoms with Gasteiger partial charge in [-0.2, -0.15) is 4.98 Å². The van der Waals surface area contributed by atoms with Crippen molar-refractivity contribution < 1.29 is 4.52 Å². The van der Waals surface area contributed by atoms with Crippen LogP contribution in [0.5, 0.6) is 0 Å². The number of nitrogens with zero attached hydrogens (tertiary/aromatic N) is 4. The molecule has 2 fully saturated rings. The maximum atomic E-state index is 5.56. The van der Waals surface area contributed by atoms with Crippen LogP contribution in [0.3, 0.4) is 0 Å². The Morgan fingerprint density at radius 3 is 2.35 bits per heavy atom. The number of pyridine rings is 1. The van der Waals surface area contributed by atoms with Crippen LogP contribution in [-0.2, 0) is 0 Å². The van der Waals surface area contributed by atoms with Gasteiger partial charge in [-0.15, -0.1) is 0 Å². The van der Waals surface area contributed by atoms with Crippen LogP contribution in [-0.4, -0.2) is 28.2 Å². The molecule has 1 saturated carbocycles. The van der Waals surface area contributed by atoms with Crippen molar-refractivity contribution in [3.05, 3.63) is 35.7 Å². The fourth-order valence-corrected chi connectivity index (χ4v) is 5.47. The highest BCUT2D eigenvalue weighted by molar-refractivity contribution is 5.88. The van der Waals surface area contributed by atoms with Gasteiger partial charge in [0.05, 0.1) is 11.1 Å². The first-order chi connectivity index (χ1) is 15.2. The second-order valence-corrected chi connectivity index (χ2v) is 9.71. The molecule has 0 N–H and O–H groups in total. The summed E-state index contributed by atoms with van der Waals surface area (Å²) in [4.78, 5) is 12.0. The molecule has 5 heteroatoms. The molecule has 3 aromatic rings. The van der Waals surface area contributed by atoms with E-state index in [9.17, 15) is 0 Å². The minimum Gasteiger partial charge on any atom is -0.356 e. The lowest BCUT2D eigenvalue weighted by Crippen LogP contribution is -2.34. The molecule has 0 atom stereocenters. The van der Waals surface area contributed by atoms with Gasteiger partial charge in [0.2, 0.25) is 0 Å². The summed E-state index contributed by atoms with van der Waals surface area (Å²) in [6.07, 6.45) is 12.6. The van der Waals surface area contributed by atoms with Crippen LogP contribution in [0.2, 0.25) is 0 Å². The van der Waals surface area contributed by atoms with Crippen LogP contribution in [0.4, 0.5) is 5.82 Å². The average Bonchev–Trinajstić information content (AvgIpc) is 3.24. The van der Waals surface area contributed by atoms with Crippen LogP contribution < -0.4 is 4.90 Å². The van der Waals surface area contributed by atoms with E-state index in [0.29, 0.717) is 11.7 Å². The van der Waals surface area contributed by atoms with E-state index in [-0.39, 0.29) is 0 Å². The van der Waals surface area contributed by atoms with E-state index in [4.69, 9.17) is 9.51 Å². The number of hydrogen-bond donors (Lipinski definition) is 0. The van der Waals surface area contributed by atoms with E-state index in [1.54, 1.807) is 0 Å². The van der Waals surface area contributed by atoms with Gasteiger partial charge in [0.25, 0.3) is 5.89 Å². The Morgan fingerprint density at radius 2 is 1.65 bits per heavy atom. The molecule has 0 radical (unpaired) electrons. The van der Waals surface area contributed by atoms with E-state index >= 15 is 0 Å². The second-order valence-electron chi connectivity index (χ2n) is 9.71. The molecule has 1 saturated heterocycles. The number of fused-ring (bicyclic) bond motifs is 1. The molecule has 1 aromatic carbocycles. The molecular formula is C26H34N4O. The SMILES string of the molecule is Cc1ccc2nc(N3CCC(CCC4CCCCC4)CC3)c(-c3nc(C)no3)cc2c1. The van der Waals surface area contributed by atoms with Crippen LogP contribution in [0.1, 0.15) is 69.2 Å². The summed E-state index contributed by atoms with van der Waals surface area (Å²) in [5.74, 6) is 4.07. The van der Waals surface area contributed by atoms with Crippen molar-refractivity contribution in [2.75, 3.05) is 18.0 Å². The van der Waals surface area contributed by atoms with Gasteiger partial charge < -0.3 is 9.42 Å². The minimum atomic E-state index is 0.572. The summed E-state index contributed by atoms with van der Waals surface area (Å²) in [6, 6.07) is 8.60. The highest BCUT2D eigenvalue weighted by Gasteiger charge is 2.25. The topological polar surface area (TPSA) is 55.1 Å². The van der Waals surface area contributed by atoms with Crippen molar-refractivity contribution in [2.24, 2.45) is 11.8 Å². The Balaban J connectivity index is 1.34. The van der Waals surface area contributed by atoms with Gasteiger partial charge in [0, 0.05) is 18.5 Å². The summed E-state index contributed by atoms with van der Waals surface area (Å²) < 4.78 is 5.56. The molecule has 2 aliphatic rings. The standard InChI is InChI=1S/C26H34N4O/c1-18-8-11-24-22(16-18)17-23(26-27-19(2)29-31-26)25(28-24)30-14-12-21(13-15-30)10-9-20-6-4-3-5-7-20/h8,11,16-17,20-21H,3-7,9-10,12-15H2,1-2H3. The number of rotatable bonds is 5. The lowest BCUT2D eigenvalue weighted by atomic mass is 9.82. The summed E-state index contributed by atoms with van der Waals surface area (Å²) in [7, 11) is 0. The van der Waals surface area contributed by atoms with Gasteiger partial charge >= 0.3 is 0 Å². The predicted molar refractivity (Wildman–Crippen MR) is 125 cm³/mol. The molecule has 1 aliphatic carbocycles. The first-order valence-corrected chi connectivity index (χ1v) is 12.1. The monoisotopic (exact) mass is 418 g/mol. The number of piperidine rings is 1. The molecule has 5 nitrogen and oxygen atoms in total. The lowest BCUT2D eigenvalue weighted by molar-refractivity contribution is 0.287. The minimum absolute atomic E-state index is 0.572. The van der Waals surface area contributed by atoms with Crippen LogP contribution in [0.25, 0.3) is 22.4 Å². The van der Waals surface area contributed by atoms with E-state index in [2.05, 4.69) is 46.2 Å². The molecule has 0 spiro atoms. The zero-order chi connectivity index (χ0) is 21.2. The van der Waals surface area contributed by atoms with Crippen LogP contribution in [0.15, 0.2) is 28.8 Å². The van der Waals surface area contributed by atoms with Crippen LogP contribution in [0, 0.1) is 25.7 Å². The smallest absolute Gasteiger partial charge is 0.261 e. The van der Waals surface area contributed by atoms with Crippen molar-refractivity contribution in [1.82, 2.24) is 15.1 Å². The molecule has 31 heavy (non-hydrogen) atoms. The van der Waals surface area contributed by atoms with Crippen molar-refractivity contribution in [3.8, 4) is 11.5 Å². The molecule has 5 rings (SSSR count). The molecule has 1 aliphatic heterocycles. The van der Waals surface area contributed by atoms with Gasteiger partial charge in [0.15, 0.2) is 5.82 Å². The molecule has 0 unspecified atom stereocenters. The average molecular weight is 419 g/mol. The zero-order valence-electron chi connectivity index (χ0n) is 18.9. The number of hydrogen-bond acceptors (Lipinski definition) is 5. The van der Waals surface area contributed by atoms with E-state index in [0.717, 1.165) is 47.2 Å². The van der Waals surface area contributed by atoms with Crippen LogP contribution >= 0.6 is 0 Å². The van der Waals surface area contributed by atoms with Gasteiger partial charge in [-0.05, 0) is 56.7 Å². The summed E-state index contributed by atoms with van der Waals surface area (Å²) in [5.41, 5.74) is 3.22. The number of aryl methyl sites for hydroxylation is 2. The Labute approximate surface area is 185 Å². The number of aromatic nitrogens is 3. The van der Waals surface area contributed by atoms with Gasteiger partial charge in [-0.3, -0.25) is 0 Å². The highest BCUT2D eigenvalue weighted by atomic mass is 16.5. The largest absolute Gasteiger partial charge is 0.356 e. The molecule has 2 aromatic heterocycles. The van der Waals surface area contributed by atoms with Crippen molar-refractivity contribution in [1.29, 1.82) is 0 Å². The molecule has 3 heterocycles. The Kier molecular flexibility index (Phi) is 5.93. The molecule has 0 bridgehead atoms. The van der Waals surface area contributed by atoms with Crippen molar-refractivity contribution in [2.45, 2.75) is 71.6 Å². The zero-order valence-corrected chi connectivity index (χ0v) is 18.9. The summed E-state index contributed by atoms with van der Waals surface area (Å²) in [5, 5.41) is 5.15. The van der Waals surface area contributed by atoms with E-state index in [1.807, 2.05) is 6.92 Å². The highest BCUT2D eigenvalue weighted by Crippen LogP contribution is 2.36. The summed E-state index contributed by atoms with van der Waals surface area (Å²) in [6.45, 7) is 6.09. The van der Waals surface area contributed by atoms with E-state index < -0.39 is 0 Å². The quantitative estimate of drug-likeness (QED) is 0.475. The van der Waals surface area contributed by atoms with Gasteiger partial charge in [-0.1, -0.05) is 61.7 Å². The lowest BCUT2D eigenvalue weighted by Gasteiger charge is -2.34. The second kappa shape index (κ2) is 8.97. The third kappa shape index (κ3) is 4.60. The maximum Gasteiger partial charge on any atom is 0.261 e. The van der Waals surface area contributed by atoms with Gasteiger partial charge in [0.1, 0.15) is 5.82 Å². The number of benzene rings is 1. The van der Waals surface area contributed by atoms with E-state index in [1.165, 1.54) is 63.4 Å². The summed E-state index contributed by atoms with van der Waals surface area (Å²) >= 11 is 0. The third-order valence-corrected chi connectivity index (χ3v) is 7.33. The fourth-order valence-electron chi connectivity index (χ4n) is 5.47. The van der Waals surface area contributed by atoms with Gasteiger partial charge in [-0.25, -0.2) is 4.98 Å². The maximum absolute atomic E-state index is 5.56. The predicted octanol–water partition coefficient (Wildman–Crippen LogP) is 6.48. The Hall–Kier alpha value is -2.43. The first-order valence-electron chi connectivity index (χ1n) is 12.1. The first kappa shape index (κ1) is 20.5. The third-order valence-electron chi connectivity index (χ3n) is 7.33. The molecule has 0 amide bonds. The Morgan fingerprint density at radius 1 is 0.903 bits per heavy atom. The normalized spacial score (nSPS) is 18.7. The Bertz CT molecular complexity index is 1030.